The van der Waals surface area contributed by atoms with Gasteiger partial charge in [0.1, 0.15) is 11.6 Å². The van der Waals surface area contributed by atoms with E-state index in [1.54, 1.807) is 19.2 Å². The Labute approximate surface area is 181 Å². The van der Waals surface area contributed by atoms with Crippen LogP contribution >= 0.6 is 12.2 Å². The van der Waals surface area contributed by atoms with Crippen LogP contribution < -0.4 is 20.3 Å². The molecule has 2 aromatic carbocycles. The minimum Gasteiger partial charge on any atom is -0.497 e. The average Bonchev–Trinajstić information content (AvgIpc) is 2.75. The largest absolute Gasteiger partial charge is 0.497 e. The summed E-state index contributed by atoms with van der Waals surface area (Å²) in [7, 11) is 1.68. The van der Waals surface area contributed by atoms with Crippen LogP contribution in [-0.2, 0) is 0 Å². The molecule has 1 aromatic heterocycles. The maximum atomic E-state index is 13.0. The van der Waals surface area contributed by atoms with Crippen molar-refractivity contribution in [1.82, 2.24) is 10.3 Å². The first-order valence-corrected chi connectivity index (χ1v) is 10.5. The lowest BCUT2D eigenvalue weighted by atomic mass is 10.0. The van der Waals surface area contributed by atoms with Gasteiger partial charge >= 0.3 is 0 Å². The van der Waals surface area contributed by atoms with Crippen LogP contribution in [0.2, 0.25) is 0 Å². The molecule has 0 unspecified atom stereocenters. The molecule has 0 radical (unpaired) electrons. The smallest absolute Gasteiger partial charge is 0.170 e. The van der Waals surface area contributed by atoms with Gasteiger partial charge in [-0.1, -0.05) is 0 Å². The Hall–Kier alpha value is -2.93. The summed E-state index contributed by atoms with van der Waals surface area (Å²) >= 11 is 5.43. The van der Waals surface area contributed by atoms with Crippen molar-refractivity contribution in [1.29, 1.82) is 0 Å². The van der Waals surface area contributed by atoms with Gasteiger partial charge < -0.3 is 20.3 Å². The Balaban J connectivity index is 1.41. The van der Waals surface area contributed by atoms with Crippen molar-refractivity contribution in [3.05, 3.63) is 60.0 Å². The SMILES string of the molecule is COc1ccc2nc(C)cc(N3CCC(NC(=S)Nc4ccc(F)cc4)CC3)c2c1. The van der Waals surface area contributed by atoms with E-state index >= 15 is 0 Å². The Morgan fingerprint density at radius 1 is 1.13 bits per heavy atom. The molecule has 2 N–H and O–H groups in total. The minimum atomic E-state index is -0.261. The van der Waals surface area contributed by atoms with E-state index in [9.17, 15) is 4.39 Å². The molecule has 7 heteroatoms. The third kappa shape index (κ3) is 4.62. The predicted molar refractivity (Wildman–Crippen MR) is 124 cm³/mol. The van der Waals surface area contributed by atoms with Crippen molar-refractivity contribution in [2.24, 2.45) is 0 Å². The van der Waals surface area contributed by atoms with Crippen molar-refractivity contribution in [3.8, 4) is 5.75 Å². The van der Waals surface area contributed by atoms with Crippen molar-refractivity contribution < 1.29 is 9.13 Å². The van der Waals surface area contributed by atoms with Crippen LogP contribution in [0.3, 0.4) is 0 Å². The molecule has 1 aliphatic heterocycles. The molecular formula is C23H25FN4OS. The van der Waals surface area contributed by atoms with Crippen molar-refractivity contribution in [2.75, 3.05) is 30.4 Å². The van der Waals surface area contributed by atoms with Gasteiger partial charge in [-0.25, -0.2) is 4.39 Å². The molecule has 0 amide bonds. The maximum Gasteiger partial charge on any atom is 0.170 e. The van der Waals surface area contributed by atoms with E-state index < -0.39 is 0 Å². The normalized spacial score (nSPS) is 14.6. The number of pyridine rings is 1. The first-order chi connectivity index (χ1) is 14.5. The first kappa shape index (κ1) is 20.3. The number of ether oxygens (including phenoxy) is 1. The number of nitrogens with one attached hydrogen (secondary N) is 2. The van der Waals surface area contributed by atoms with E-state index in [1.807, 2.05) is 19.1 Å². The molecule has 2 heterocycles. The Morgan fingerprint density at radius 2 is 1.87 bits per heavy atom. The zero-order valence-electron chi connectivity index (χ0n) is 17.1. The highest BCUT2D eigenvalue weighted by atomic mass is 32.1. The fourth-order valence-corrected chi connectivity index (χ4v) is 4.14. The highest BCUT2D eigenvalue weighted by molar-refractivity contribution is 7.80. The lowest BCUT2D eigenvalue weighted by molar-refractivity contribution is 0.415. The topological polar surface area (TPSA) is 49.4 Å². The lowest BCUT2D eigenvalue weighted by Gasteiger charge is -2.35. The molecule has 3 aromatic rings. The highest BCUT2D eigenvalue weighted by Crippen LogP contribution is 2.31. The van der Waals surface area contributed by atoms with E-state index in [1.165, 1.54) is 17.8 Å². The maximum absolute atomic E-state index is 13.0. The van der Waals surface area contributed by atoms with Gasteiger partial charge in [0.2, 0.25) is 0 Å². The average molecular weight is 425 g/mol. The van der Waals surface area contributed by atoms with Gasteiger partial charge in [0.05, 0.1) is 12.6 Å². The van der Waals surface area contributed by atoms with E-state index in [2.05, 4.69) is 32.7 Å². The van der Waals surface area contributed by atoms with E-state index in [0.29, 0.717) is 11.2 Å². The lowest BCUT2D eigenvalue weighted by Crippen LogP contribution is -2.46. The third-order valence-corrected chi connectivity index (χ3v) is 5.61. The van der Waals surface area contributed by atoms with E-state index in [4.69, 9.17) is 17.0 Å². The van der Waals surface area contributed by atoms with Crippen LogP contribution in [0.4, 0.5) is 15.8 Å². The minimum absolute atomic E-state index is 0.261. The Bertz CT molecular complexity index is 1050. The zero-order valence-corrected chi connectivity index (χ0v) is 17.9. The number of methoxy groups -OCH3 is 1. The number of halogens is 1. The molecule has 156 valence electrons. The number of fused-ring (bicyclic) bond motifs is 1. The molecule has 5 nitrogen and oxygen atoms in total. The number of thiocarbonyl (C=S) groups is 1. The second-order valence-corrected chi connectivity index (χ2v) is 7.94. The van der Waals surface area contributed by atoms with Crippen LogP contribution in [-0.4, -0.2) is 36.3 Å². The number of benzene rings is 2. The number of hydrogen-bond donors (Lipinski definition) is 2. The van der Waals surface area contributed by atoms with Crippen molar-refractivity contribution >= 4 is 39.6 Å². The second-order valence-electron chi connectivity index (χ2n) is 7.53. The summed E-state index contributed by atoms with van der Waals surface area (Å²) in [5, 5.41) is 8.19. The standard InChI is InChI=1S/C23H25FN4OS/c1-15-13-22(20-14-19(29-2)7-8-21(20)25-15)28-11-9-18(10-12-28)27-23(30)26-17-5-3-16(24)4-6-17/h3-8,13-14,18H,9-12H2,1-2H3,(H2,26,27,30). The van der Waals surface area contributed by atoms with Gasteiger partial charge in [0, 0.05) is 41.6 Å². The molecule has 1 saturated heterocycles. The summed E-state index contributed by atoms with van der Waals surface area (Å²) in [6, 6.07) is 14.7. The first-order valence-electron chi connectivity index (χ1n) is 10.1. The molecule has 30 heavy (non-hydrogen) atoms. The van der Waals surface area contributed by atoms with E-state index in [-0.39, 0.29) is 5.82 Å². The van der Waals surface area contributed by atoms with Gasteiger partial charge in [0.15, 0.2) is 5.11 Å². The molecule has 0 saturated carbocycles. The van der Waals surface area contributed by atoms with E-state index in [0.717, 1.165) is 54.0 Å². The van der Waals surface area contributed by atoms with Gasteiger partial charge in [-0.3, -0.25) is 4.98 Å². The van der Waals surface area contributed by atoms with Gasteiger partial charge in [0.25, 0.3) is 0 Å². The molecule has 4 rings (SSSR count). The summed E-state index contributed by atoms with van der Waals surface area (Å²) in [5.74, 6) is 0.575. The van der Waals surface area contributed by atoms with Crippen LogP contribution in [0.15, 0.2) is 48.5 Å². The fourth-order valence-electron chi connectivity index (χ4n) is 3.85. The van der Waals surface area contributed by atoms with Gasteiger partial charge in [-0.15, -0.1) is 0 Å². The predicted octanol–water partition coefficient (Wildman–Crippen LogP) is 4.65. The molecule has 0 spiro atoms. The van der Waals surface area contributed by atoms with Gasteiger partial charge in [-0.05, 0) is 80.5 Å². The summed E-state index contributed by atoms with van der Waals surface area (Å²) in [5.41, 5.74) is 3.96. The highest BCUT2D eigenvalue weighted by Gasteiger charge is 2.22. The molecular weight excluding hydrogens is 399 g/mol. The fraction of sp³-hybridized carbons (Fsp3) is 0.304. The summed E-state index contributed by atoms with van der Waals surface area (Å²) in [6.07, 6.45) is 1.94. The zero-order chi connectivity index (χ0) is 21.1. The van der Waals surface area contributed by atoms with Crippen molar-refractivity contribution in [3.63, 3.8) is 0 Å². The Kier molecular flexibility index (Phi) is 5.99. The van der Waals surface area contributed by atoms with Crippen LogP contribution in [0.5, 0.6) is 5.75 Å². The number of aromatic nitrogens is 1. The van der Waals surface area contributed by atoms with Crippen LogP contribution in [0.1, 0.15) is 18.5 Å². The molecule has 0 aliphatic carbocycles. The second kappa shape index (κ2) is 8.83. The molecule has 0 atom stereocenters. The number of aryl methyl sites for hydroxylation is 1. The number of nitrogens with zero attached hydrogens (tertiary/aromatic N) is 2. The summed E-state index contributed by atoms with van der Waals surface area (Å²) in [4.78, 5) is 7.07. The molecule has 1 aliphatic rings. The quantitative estimate of drug-likeness (QED) is 0.595. The third-order valence-electron chi connectivity index (χ3n) is 5.40. The number of piperidine rings is 1. The Morgan fingerprint density at radius 3 is 2.57 bits per heavy atom. The monoisotopic (exact) mass is 424 g/mol. The van der Waals surface area contributed by atoms with Crippen LogP contribution in [0, 0.1) is 12.7 Å². The summed E-state index contributed by atoms with van der Waals surface area (Å²) in [6.45, 7) is 3.88. The van der Waals surface area contributed by atoms with Crippen LogP contribution in [0.25, 0.3) is 10.9 Å². The van der Waals surface area contributed by atoms with Crippen molar-refractivity contribution in [2.45, 2.75) is 25.8 Å². The molecule has 1 fully saturated rings. The number of rotatable bonds is 4. The van der Waals surface area contributed by atoms with Gasteiger partial charge in [-0.2, -0.15) is 0 Å². The summed E-state index contributed by atoms with van der Waals surface area (Å²) < 4.78 is 18.5. The number of hydrogen-bond acceptors (Lipinski definition) is 4. The molecule has 0 bridgehead atoms. The number of anilines is 2.